The molecule has 3 heteroatoms. The Bertz CT molecular complexity index is 2270. The zero-order valence-corrected chi connectivity index (χ0v) is 23.9. The van der Waals surface area contributed by atoms with Crippen LogP contribution in [0.2, 0.25) is 0 Å². The van der Waals surface area contributed by atoms with Gasteiger partial charge in [-0.3, -0.25) is 0 Å². The summed E-state index contributed by atoms with van der Waals surface area (Å²) >= 11 is 0. The highest BCUT2D eigenvalue weighted by Crippen LogP contribution is 2.32. The smallest absolute Gasteiger partial charge is 0.164 e. The average Bonchev–Trinajstić information content (AvgIpc) is 3.11. The van der Waals surface area contributed by atoms with Crippen LogP contribution in [0.25, 0.3) is 78.0 Å². The van der Waals surface area contributed by atoms with Crippen molar-refractivity contribution < 1.29 is 0 Å². The Morgan fingerprint density at radius 2 is 0.614 bits per heavy atom. The van der Waals surface area contributed by atoms with Crippen LogP contribution in [0.15, 0.2) is 164 Å². The number of fused-ring (bicyclic) bond motifs is 2. The van der Waals surface area contributed by atoms with Gasteiger partial charge in [0.05, 0.1) is 0 Å². The maximum Gasteiger partial charge on any atom is 0.164 e. The van der Waals surface area contributed by atoms with Crippen molar-refractivity contribution in [2.24, 2.45) is 0 Å². The molecule has 44 heavy (non-hydrogen) atoms. The summed E-state index contributed by atoms with van der Waals surface area (Å²) in [7, 11) is 0. The molecule has 206 valence electrons. The molecule has 0 aliphatic heterocycles. The molecule has 0 amide bonds. The molecule has 0 fully saturated rings. The second-order valence-electron chi connectivity index (χ2n) is 11.0. The molecule has 0 atom stereocenters. The average molecular weight is 562 g/mol. The molecule has 8 aromatic rings. The van der Waals surface area contributed by atoms with E-state index in [4.69, 9.17) is 15.0 Å². The Hall–Kier alpha value is -5.93. The van der Waals surface area contributed by atoms with Crippen molar-refractivity contribution in [1.82, 2.24) is 15.0 Å². The van der Waals surface area contributed by atoms with E-state index in [1.165, 1.54) is 27.3 Å². The molecule has 0 aliphatic carbocycles. The molecule has 0 unspecified atom stereocenters. The van der Waals surface area contributed by atoms with Gasteiger partial charge in [-0.05, 0) is 68.1 Å². The van der Waals surface area contributed by atoms with Crippen molar-refractivity contribution >= 4 is 21.5 Å². The summed E-state index contributed by atoms with van der Waals surface area (Å²) in [6.45, 7) is 0. The molecule has 0 saturated carbocycles. The van der Waals surface area contributed by atoms with Crippen LogP contribution in [-0.2, 0) is 0 Å². The van der Waals surface area contributed by atoms with Crippen LogP contribution >= 0.6 is 0 Å². The van der Waals surface area contributed by atoms with Gasteiger partial charge in [0.25, 0.3) is 0 Å². The van der Waals surface area contributed by atoms with E-state index < -0.39 is 0 Å². The van der Waals surface area contributed by atoms with E-state index in [0.717, 1.165) is 33.2 Å². The minimum atomic E-state index is 0.650. The predicted molar refractivity (Wildman–Crippen MR) is 182 cm³/mol. The lowest BCUT2D eigenvalue weighted by Gasteiger charge is -2.11. The van der Waals surface area contributed by atoms with Gasteiger partial charge in [-0.25, -0.2) is 15.0 Å². The van der Waals surface area contributed by atoms with Crippen LogP contribution in [0.3, 0.4) is 0 Å². The van der Waals surface area contributed by atoms with Gasteiger partial charge in [0, 0.05) is 16.7 Å². The molecule has 3 nitrogen and oxygen atoms in total. The fourth-order valence-electron chi connectivity index (χ4n) is 5.75. The number of rotatable bonds is 5. The third-order valence-electron chi connectivity index (χ3n) is 8.08. The largest absolute Gasteiger partial charge is 0.208 e. The van der Waals surface area contributed by atoms with Crippen LogP contribution in [0.1, 0.15) is 0 Å². The Labute approximate surface area is 256 Å². The Kier molecular flexibility index (Phi) is 6.47. The summed E-state index contributed by atoms with van der Waals surface area (Å²) in [5, 5.41) is 4.77. The van der Waals surface area contributed by atoms with Gasteiger partial charge in [-0.15, -0.1) is 0 Å². The van der Waals surface area contributed by atoms with Crippen LogP contribution in [-0.4, -0.2) is 15.0 Å². The van der Waals surface area contributed by atoms with E-state index >= 15 is 0 Å². The Balaban J connectivity index is 1.20. The monoisotopic (exact) mass is 561 g/mol. The van der Waals surface area contributed by atoms with Gasteiger partial charge < -0.3 is 0 Å². The third kappa shape index (κ3) is 5.01. The van der Waals surface area contributed by atoms with Crippen LogP contribution in [0.4, 0.5) is 0 Å². The van der Waals surface area contributed by atoms with Crippen molar-refractivity contribution in [3.63, 3.8) is 0 Å². The lowest BCUT2D eigenvalue weighted by molar-refractivity contribution is 1.07. The molecule has 7 aromatic carbocycles. The standard InChI is InChI=1S/C41H27N3/c1-3-10-28(11-4-1)33-19-20-36-25-34(21-22-35(36)24-33)32-16-9-17-37(27-32)40-42-39(30-13-5-2-6-14-30)43-41(44-40)38-23-18-29-12-7-8-15-31(29)26-38/h1-27H. The van der Waals surface area contributed by atoms with Crippen LogP contribution < -0.4 is 0 Å². The number of hydrogen-bond acceptors (Lipinski definition) is 3. The van der Waals surface area contributed by atoms with Gasteiger partial charge in [0.15, 0.2) is 17.5 Å². The first kappa shape index (κ1) is 25.8. The van der Waals surface area contributed by atoms with Crippen molar-refractivity contribution in [1.29, 1.82) is 0 Å². The zero-order chi connectivity index (χ0) is 29.3. The van der Waals surface area contributed by atoms with Crippen molar-refractivity contribution in [2.75, 3.05) is 0 Å². The van der Waals surface area contributed by atoms with Crippen molar-refractivity contribution in [2.45, 2.75) is 0 Å². The highest BCUT2D eigenvalue weighted by molar-refractivity contribution is 5.91. The summed E-state index contributed by atoms with van der Waals surface area (Å²) in [6.07, 6.45) is 0. The maximum absolute atomic E-state index is 5.01. The van der Waals surface area contributed by atoms with E-state index in [-0.39, 0.29) is 0 Å². The fourth-order valence-corrected chi connectivity index (χ4v) is 5.75. The lowest BCUT2D eigenvalue weighted by atomic mass is 9.97. The summed E-state index contributed by atoms with van der Waals surface area (Å²) in [6, 6.07) is 57.1. The van der Waals surface area contributed by atoms with Gasteiger partial charge >= 0.3 is 0 Å². The third-order valence-corrected chi connectivity index (χ3v) is 8.08. The zero-order valence-electron chi connectivity index (χ0n) is 23.9. The minimum Gasteiger partial charge on any atom is -0.208 e. The van der Waals surface area contributed by atoms with E-state index in [1.54, 1.807) is 0 Å². The SMILES string of the molecule is c1ccc(-c2ccc3cc(-c4cccc(-c5nc(-c6ccccc6)nc(-c6ccc7ccccc7c6)n5)c4)ccc3c2)cc1. The normalized spacial score (nSPS) is 11.2. The molecular formula is C41H27N3. The van der Waals surface area contributed by atoms with E-state index in [2.05, 4.69) is 133 Å². The van der Waals surface area contributed by atoms with Crippen LogP contribution in [0.5, 0.6) is 0 Å². The second kappa shape index (κ2) is 11.0. The highest BCUT2D eigenvalue weighted by Gasteiger charge is 2.13. The van der Waals surface area contributed by atoms with Crippen molar-refractivity contribution in [3.05, 3.63) is 164 Å². The first-order chi connectivity index (χ1) is 21.8. The Morgan fingerprint density at radius 3 is 1.30 bits per heavy atom. The molecule has 0 radical (unpaired) electrons. The molecule has 0 bridgehead atoms. The minimum absolute atomic E-state index is 0.650. The lowest BCUT2D eigenvalue weighted by Crippen LogP contribution is -2.00. The van der Waals surface area contributed by atoms with Gasteiger partial charge in [-0.2, -0.15) is 0 Å². The van der Waals surface area contributed by atoms with E-state index in [0.29, 0.717) is 17.5 Å². The molecule has 0 saturated heterocycles. The van der Waals surface area contributed by atoms with E-state index in [9.17, 15) is 0 Å². The number of nitrogens with zero attached hydrogens (tertiary/aromatic N) is 3. The quantitative estimate of drug-likeness (QED) is 0.210. The van der Waals surface area contributed by atoms with E-state index in [1.807, 2.05) is 30.3 Å². The summed E-state index contributed by atoms with van der Waals surface area (Å²) in [4.78, 5) is 14.9. The van der Waals surface area contributed by atoms with Crippen LogP contribution in [0, 0.1) is 0 Å². The molecule has 0 spiro atoms. The fraction of sp³-hybridized carbons (Fsp3) is 0. The Morgan fingerprint density at radius 1 is 0.227 bits per heavy atom. The molecular weight excluding hydrogens is 534 g/mol. The summed E-state index contributed by atoms with van der Waals surface area (Å²) in [5.41, 5.74) is 7.58. The van der Waals surface area contributed by atoms with Gasteiger partial charge in [0.2, 0.25) is 0 Å². The highest BCUT2D eigenvalue weighted by atomic mass is 15.0. The molecule has 0 aliphatic rings. The number of hydrogen-bond donors (Lipinski definition) is 0. The summed E-state index contributed by atoms with van der Waals surface area (Å²) < 4.78 is 0. The molecule has 0 N–H and O–H groups in total. The van der Waals surface area contributed by atoms with Crippen molar-refractivity contribution in [3.8, 4) is 56.4 Å². The predicted octanol–water partition coefficient (Wildman–Crippen LogP) is 10.5. The molecule has 1 heterocycles. The molecule has 1 aromatic heterocycles. The number of aromatic nitrogens is 3. The second-order valence-corrected chi connectivity index (χ2v) is 11.0. The topological polar surface area (TPSA) is 38.7 Å². The summed E-state index contributed by atoms with van der Waals surface area (Å²) in [5.74, 6) is 1.96. The number of benzene rings is 7. The molecule has 8 rings (SSSR count). The first-order valence-corrected chi connectivity index (χ1v) is 14.8. The van der Waals surface area contributed by atoms with Gasteiger partial charge in [-0.1, -0.05) is 140 Å². The first-order valence-electron chi connectivity index (χ1n) is 14.8. The van der Waals surface area contributed by atoms with Gasteiger partial charge in [0.1, 0.15) is 0 Å². The maximum atomic E-state index is 5.01.